The zero-order chi connectivity index (χ0) is 23.2. The highest BCUT2D eigenvalue weighted by molar-refractivity contribution is 5.87. The maximum absolute atomic E-state index is 12.0. The van der Waals surface area contributed by atoms with Crippen LogP contribution in [-0.4, -0.2) is 44.4 Å². The third-order valence-corrected chi connectivity index (χ3v) is 4.65. The minimum absolute atomic E-state index is 0.0698. The number of ether oxygens (including phenoxy) is 3. The van der Waals surface area contributed by atoms with Gasteiger partial charge in [0.15, 0.2) is 0 Å². The van der Waals surface area contributed by atoms with Gasteiger partial charge in [-0.05, 0) is 48.9 Å². The Morgan fingerprint density at radius 1 is 0.844 bits per heavy atom. The number of fused-ring (bicyclic) bond motifs is 1. The van der Waals surface area contributed by atoms with Crippen molar-refractivity contribution in [2.24, 2.45) is 0 Å². The Kier molecular flexibility index (Phi) is 10.8. The molecule has 0 saturated carbocycles. The number of esters is 2. The molecule has 0 fully saturated rings. The van der Waals surface area contributed by atoms with Crippen molar-refractivity contribution in [2.45, 2.75) is 39.0 Å². The van der Waals surface area contributed by atoms with Crippen LogP contribution in [0.3, 0.4) is 0 Å². The van der Waals surface area contributed by atoms with Gasteiger partial charge in [-0.25, -0.2) is 9.59 Å². The molecule has 1 N–H and O–H groups in total. The third kappa shape index (κ3) is 9.64. The topological polar surface area (TPSA) is 90.9 Å². The molecule has 7 heteroatoms. The fourth-order valence-corrected chi connectivity index (χ4v) is 2.95. The highest BCUT2D eigenvalue weighted by Gasteiger charge is 2.06. The van der Waals surface area contributed by atoms with E-state index in [1.54, 1.807) is 6.92 Å². The summed E-state index contributed by atoms with van der Waals surface area (Å²) in [6.07, 6.45) is 2.96. The van der Waals surface area contributed by atoms with E-state index in [-0.39, 0.29) is 25.5 Å². The molecule has 7 nitrogen and oxygen atoms in total. The predicted octanol–water partition coefficient (Wildman–Crippen LogP) is 4.33. The van der Waals surface area contributed by atoms with Crippen LogP contribution >= 0.6 is 0 Å². The van der Waals surface area contributed by atoms with E-state index in [9.17, 15) is 14.4 Å². The van der Waals surface area contributed by atoms with Crippen LogP contribution in [0.25, 0.3) is 10.8 Å². The average Bonchev–Trinajstić information content (AvgIpc) is 2.78. The number of rotatable bonds is 13. The summed E-state index contributed by atoms with van der Waals surface area (Å²) < 4.78 is 15.2. The minimum atomic E-state index is -0.543. The lowest BCUT2D eigenvalue weighted by atomic mass is 10.1. The zero-order valence-corrected chi connectivity index (χ0v) is 18.6. The van der Waals surface area contributed by atoms with Gasteiger partial charge in [0.2, 0.25) is 0 Å². The van der Waals surface area contributed by atoms with E-state index in [1.807, 2.05) is 42.5 Å². The first-order valence-electron chi connectivity index (χ1n) is 10.8. The van der Waals surface area contributed by atoms with E-state index in [1.165, 1.54) is 0 Å². The number of amides is 1. The SMILES string of the molecule is C=C(C)C(=O)OCCNC(=O)OCCCCCCOC(=O)Cc1ccc2ccccc2c1. The molecule has 0 aromatic heterocycles. The number of alkyl carbamates (subject to hydrolysis) is 1. The molecule has 2 rings (SSSR count). The Morgan fingerprint density at radius 2 is 1.53 bits per heavy atom. The molecule has 172 valence electrons. The van der Waals surface area contributed by atoms with Crippen molar-refractivity contribution in [1.82, 2.24) is 5.32 Å². The number of nitrogens with one attached hydrogen (secondary N) is 1. The molecule has 0 aliphatic heterocycles. The van der Waals surface area contributed by atoms with E-state index in [4.69, 9.17) is 14.2 Å². The first-order valence-corrected chi connectivity index (χ1v) is 10.8. The zero-order valence-electron chi connectivity index (χ0n) is 18.6. The van der Waals surface area contributed by atoms with Crippen molar-refractivity contribution in [2.75, 3.05) is 26.4 Å². The highest BCUT2D eigenvalue weighted by atomic mass is 16.6. The van der Waals surface area contributed by atoms with E-state index in [2.05, 4.69) is 11.9 Å². The molecule has 0 spiro atoms. The molecule has 0 bridgehead atoms. The Labute approximate surface area is 188 Å². The van der Waals surface area contributed by atoms with Gasteiger partial charge in [0.1, 0.15) is 6.61 Å². The number of hydrogen-bond acceptors (Lipinski definition) is 6. The summed E-state index contributed by atoms with van der Waals surface area (Å²) in [5.41, 5.74) is 1.25. The van der Waals surface area contributed by atoms with Crippen LogP contribution in [-0.2, 0) is 30.2 Å². The van der Waals surface area contributed by atoms with Gasteiger partial charge in [-0.15, -0.1) is 0 Å². The molecular weight excluding hydrogens is 410 g/mol. The van der Waals surface area contributed by atoms with Gasteiger partial charge in [-0.3, -0.25) is 4.79 Å². The van der Waals surface area contributed by atoms with Gasteiger partial charge in [-0.2, -0.15) is 0 Å². The van der Waals surface area contributed by atoms with Gasteiger partial charge in [0.25, 0.3) is 0 Å². The summed E-state index contributed by atoms with van der Waals surface area (Å²) in [5, 5.41) is 4.76. The summed E-state index contributed by atoms with van der Waals surface area (Å²) in [6.45, 7) is 5.97. The Morgan fingerprint density at radius 3 is 2.25 bits per heavy atom. The monoisotopic (exact) mass is 441 g/mol. The number of carbonyl (C=O) groups is 3. The van der Waals surface area contributed by atoms with E-state index in [0.717, 1.165) is 42.0 Å². The summed E-state index contributed by atoms with van der Waals surface area (Å²) in [4.78, 5) is 34.7. The molecule has 0 atom stereocenters. The Balaban J connectivity index is 1.45. The summed E-state index contributed by atoms with van der Waals surface area (Å²) in [5.74, 6) is -0.714. The van der Waals surface area contributed by atoms with E-state index in [0.29, 0.717) is 18.8 Å². The standard InChI is InChI=1S/C25H31NO6/c1-19(2)24(28)31-16-13-26-25(29)32-15-8-4-3-7-14-30-23(27)18-20-11-12-21-9-5-6-10-22(21)17-20/h5-6,9-12,17H,1,3-4,7-8,13-16,18H2,2H3,(H,26,29). The van der Waals surface area contributed by atoms with Crippen LogP contribution in [0.15, 0.2) is 54.6 Å². The van der Waals surface area contributed by atoms with Crippen LogP contribution in [0, 0.1) is 0 Å². The molecule has 32 heavy (non-hydrogen) atoms. The van der Waals surface area contributed by atoms with Crippen LogP contribution in [0.1, 0.15) is 38.2 Å². The molecule has 0 radical (unpaired) electrons. The van der Waals surface area contributed by atoms with Crippen molar-refractivity contribution in [3.05, 3.63) is 60.2 Å². The van der Waals surface area contributed by atoms with Gasteiger partial charge in [-0.1, -0.05) is 49.0 Å². The lowest BCUT2D eigenvalue weighted by Crippen LogP contribution is -2.29. The number of benzene rings is 2. The largest absolute Gasteiger partial charge is 0.465 e. The highest BCUT2D eigenvalue weighted by Crippen LogP contribution is 2.16. The van der Waals surface area contributed by atoms with Crippen molar-refractivity contribution in [3.8, 4) is 0 Å². The third-order valence-electron chi connectivity index (χ3n) is 4.65. The summed E-state index contributed by atoms with van der Waals surface area (Å²) in [6, 6.07) is 14.0. The predicted molar refractivity (Wildman–Crippen MR) is 122 cm³/mol. The number of carbonyl (C=O) groups excluding carboxylic acids is 3. The number of unbranched alkanes of at least 4 members (excludes halogenated alkanes) is 3. The van der Waals surface area contributed by atoms with Gasteiger partial charge >= 0.3 is 18.0 Å². The quantitative estimate of drug-likeness (QED) is 0.215. The maximum Gasteiger partial charge on any atom is 0.407 e. The first-order chi connectivity index (χ1) is 15.5. The second-order valence-electron chi connectivity index (χ2n) is 7.47. The van der Waals surface area contributed by atoms with Crippen LogP contribution in [0.5, 0.6) is 0 Å². The smallest absolute Gasteiger partial charge is 0.407 e. The molecule has 0 unspecified atom stereocenters. The fraction of sp³-hybridized carbons (Fsp3) is 0.400. The molecule has 2 aromatic rings. The lowest BCUT2D eigenvalue weighted by Gasteiger charge is -2.08. The molecule has 0 aliphatic rings. The van der Waals surface area contributed by atoms with Crippen molar-refractivity contribution >= 4 is 28.8 Å². The van der Waals surface area contributed by atoms with Crippen LogP contribution in [0.2, 0.25) is 0 Å². The van der Waals surface area contributed by atoms with Crippen molar-refractivity contribution in [3.63, 3.8) is 0 Å². The lowest BCUT2D eigenvalue weighted by molar-refractivity contribution is -0.143. The van der Waals surface area contributed by atoms with E-state index >= 15 is 0 Å². The molecule has 2 aromatic carbocycles. The second kappa shape index (κ2) is 13.9. The van der Waals surface area contributed by atoms with Crippen molar-refractivity contribution in [1.29, 1.82) is 0 Å². The van der Waals surface area contributed by atoms with E-state index < -0.39 is 12.1 Å². The maximum atomic E-state index is 12.0. The fourth-order valence-electron chi connectivity index (χ4n) is 2.95. The average molecular weight is 442 g/mol. The Bertz CT molecular complexity index is 924. The van der Waals surface area contributed by atoms with Gasteiger partial charge in [0, 0.05) is 5.57 Å². The Hall–Kier alpha value is -3.35. The first kappa shape index (κ1) is 24.9. The summed E-state index contributed by atoms with van der Waals surface area (Å²) >= 11 is 0. The van der Waals surface area contributed by atoms with Crippen LogP contribution in [0.4, 0.5) is 4.79 Å². The van der Waals surface area contributed by atoms with Gasteiger partial charge < -0.3 is 19.5 Å². The van der Waals surface area contributed by atoms with Gasteiger partial charge in [0.05, 0.1) is 26.2 Å². The molecule has 0 aliphatic carbocycles. The minimum Gasteiger partial charge on any atom is -0.465 e. The molecule has 1 amide bonds. The molecule has 0 heterocycles. The van der Waals surface area contributed by atoms with Crippen molar-refractivity contribution < 1.29 is 28.6 Å². The molecule has 0 saturated heterocycles. The summed E-state index contributed by atoms with van der Waals surface area (Å²) in [7, 11) is 0. The second-order valence-corrected chi connectivity index (χ2v) is 7.47. The van der Waals surface area contributed by atoms with Crippen LogP contribution < -0.4 is 5.32 Å². The molecular formula is C25H31NO6. The normalized spacial score (nSPS) is 10.4. The number of hydrogen-bond donors (Lipinski definition) is 1.